The maximum atomic E-state index is 5.10. The highest BCUT2D eigenvalue weighted by molar-refractivity contribution is 7.80. The van der Waals surface area contributed by atoms with Crippen molar-refractivity contribution >= 4 is 34.3 Å². The predicted molar refractivity (Wildman–Crippen MR) is 74.6 cm³/mol. The minimum absolute atomic E-state index is 0.280. The van der Waals surface area contributed by atoms with Crippen molar-refractivity contribution in [2.24, 2.45) is 10.9 Å². The number of fused-ring (bicyclic) bond motifs is 1. The van der Waals surface area contributed by atoms with Gasteiger partial charge in [0.15, 0.2) is 0 Å². The van der Waals surface area contributed by atoms with Gasteiger partial charge in [-0.15, -0.1) is 0 Å². The predicted octanol–water partition coefficient (Wildman–Crippen LogP) is 1.51. The summed E-state index contributed by atoms with van der Waals surface area (Å²) in [5.41, 5.74) is 5.88. The molecule has 0 bridgehead atoms. The highest BCUT2D eigenvalue weighted by atomic mass is 32.1. The largest absolute Gasteiger partial charge is 0.300 e. The van der Waals surface area contributed by atoms with Gasteiger partial charge in [0.05, 0.1) is 6.21 Å². The Labute approximate surface area is 104 Å². The third kappa shape index (κ3) is 2.99. The summed E-state index contributed by atoms with van der Waals surface area (Å²) < 4.78 is 0. The van der Waals surface area contributed by atoms with E-state index in [2.05, 4.69) is 40.2 Å². The van der Waals surface area contributed by atoms with E-state index in [1.807, 2.05) is 18.2 Å². The van der Waals surface area contributed by atoms with Gasteiger partial charge in [-0.3, -0.25) is 10.9 Å². The van der Waals surface area contributed by atoms with E-state index in [0.29, 0.717) is 0 Å². The molecule has 2 aromatic rings. The van der Waals surface area contributed by atoms with Crippen LogP contribution >= 0.6 is 12.2 Å². The van der Waals surface area contributed by atoms with Gasteiger partial charge in [0.25, 0.3) is 0 Å². The zero-order chi connectivity index (χ0) is 12.1. The molecule has 2 aromatic carbocycles. The Balaban J connectivity index is 2.16. The number of hydrogen-bond acceptors (Lipinski definition) is 3. The second-order valence-electron chi connectivity index (χ2n) is 3.45. The van der Waals surface area contributed by atoms with Crippen molar-refractivity contribution in [2.45, 2.75) is 0 Å². The molecule has 0 atom stereocenters. The number of rotatable bonds is 2. The van der Waals surface area contributed by atoms with Gasteiger partial charge >= 0.3 is 0 Å². The number of hydrazone groups is 1. The normalized spacial score (nSPS) is 10.6. The van der Waals surface area contributed by atoms with Crippen LogP contribution in [0.4, 0.5) is 0 Å². The van der Waals surface area contributed by atoms with Gasteiger partial charge in [-0.2, -0.15) is 5.10 Å². The molecule has 0 heterocycles. The third-order valence-electron chi connectivity index (χ3n) is 2.28. The van der Waals surface area contributed by atoms with Crippen LogP contribution in [0, 0.1) is 0 Å². The number of nitrogens with two attached hydrogens (primary N) is 1. The standard InChI is InChI=1S/C12H12N4S/c13-15-12(17)16-14-8-9-5-6-10-3-1-2-4-11(10)7-9/h1-8H,13H2,(H2,15,16,17)/b14-8+. The Kier molecular flexibility index (Phi) is 3.64. The van der Waals surface area contributed by atoms with E-state index in [9.17, 15) is 0 Å². The SMILES string of the molecule is NNC(=S)N/N=C/c1ccc2ccccc2c1. The highest BCUT2D eigenvalue weighted by Crippen LogP contribution is 2.14. The Morgan fingerprint density at radius 3 is 2.71 bits per heavy atom. The van der Waals surface area contributed by atoms with Crippen LogP contribution in [0.25, 0.3) is 10.8 Å². The zero-order valence-electron chi connectivity index (χ0n) is 9.05. The molecule has 17 heavy (non-hydrogen) atoms. The minimum Gasteiger partial charge on any atom is -0.300 e. The summed E-state index contributed by atoms with van der Waals surface area (Å²) in [4.78, 5) is 0. The first-order valence-corrected chi connectivity index (χ1v) is 5.49. The molecule has 0 fully saturated rings. The summed E-state index contributed by atoms with van der Waals surface area (Å²) in [5, 5.41) is 6.62. The van der Waals surface area contributed by atoms with Crippen LogP contribution in [0.2, 0.25) is 0 Å². The Hall–Kier alpha value is -1.98. The summed E-state index contributed by atoms with van der Waals surface area (Å²) >= 11 is 4.79. The van der Waals surface area contributed by atoms with Crippen molar-refractivity contribution in [1.29, 1.82) is 0 Å². The number of thiocarbonyl (C=S) groups is 1. The summed E-state index contributed by atoms with van der Waals surface area (Å²) in [6, 6.07) is 14.3. The third-order valence-corrected chi connectivity index (χ3v) is 2.49. The summed E-state index contributed by atoms with van der Waals surface area (Å²) in [6.07, 6.45) is 1.69. The van der Waals surface area contributed by atoms with E-state index in [0.717, 1.165) is 5.56 Å². The molecule has 0 aliphatic carbocycles. The minimum atomic E-state index is 0.280. The lowest BCUT2D eigenvalue weighted by molar-refractivity contribution is 0.930. The van der Waals surface area contributed by atoms with Crippen molar-refractivity contribution in [1.82, 2.24) is 10.9 Å². The van der Waals surface area contributed by atoms with Gasteiger partial charge in [-0.25, -0.2) is 5.84 Å². The fourth-order valence-corrected chi connectivity index (χ4v) is 1.54. The smallest absolute Gasteiger partial charge is 0.201 e. The summed E-state index contributed by atoms with van der Waals surface area (Å²) in [5.74, 6) is 5.10. The van der Waals surface area contributed by atoms with Gasteiger partial charge in [0, 0.05) is 0 Å². The van der Waals surface area contributed by atoms with Crippen LogP contribution in [0.3, 0.4) is 0 Å². The summed E-state index contributed by atoms with van der Waals surface area (Å²) in [6.45, 7) is 0. The van der Waals surface area contributed by atoms with Gasteiger partial charge < -0.3 is 0 Å². The number of hydrogen-bond donors (Lipinski definition) is 3. The van der Waals surface area contributed by atoms with E-state index in [-0.39, 0.29) is 5.11 Å². The lowest BCUT2D eigenvalue weighted by Gasteiger charge is -2.00. The van der Waals surface area contributed by atoms with Crippen LogP contribution < -0.4 is 16.7 Å². The highest BCUT2D eigenvalue weighted by Gasteiger charge is 1.93. The lowest BCUT2D eigenvalue weighted by Crippen LogP contribution is -2.37. The molecule has 4 nitrogen and oxygen atoms in total. The molecular formula is C12H12N4S. The molecule has 5 heteroatoms. The fourth-order valence-electron chi connectivity index (χ4n) is 1.49. The van der Waals surface area contributed by atoms with Crippen molar-refractivity contribution in [3.8, 4) is 0 Å². The molecule has 0 aromatic heterocycles. The first-order valence-electron chi connectivity index (χ1n) is 5.08. The van der Waals surface area contributed by atoms with Crippen molar-refractivity contribution in [3.63, 3.8) is 0 Å². The average molecular weight is 244 g/mol. The number of benzene rings is 2. The van der Waals surface area contributed by atoms with Crippen LogP contribution in [0.5, 0.6) is 0 Å². The van der Waals surface area contributed by atoms with Crippen molar-refractivity contribution < 1.29 is 0 Å². The quantitative estimate of drug-likeness (QED) is 0.324. The van der Waals surface area contributed by atoms with E-state index in [1.54, 1.807) is 6.21 Å². The number of nitrogens with zero attached hydrogens (tertiary/aromatic N) is 1. The van der Waals surface area contributed by atoms with Crippen molar-refractivity contribution in [2.75, 3.05) is 0 Å². The van der Waals surface area contributed by atoms with E-state index in [4.69, 9.17) is 18.1 Å². The summed E-state index contributed by atoms with van der Waals surface area (Å²) in [7, 11) is 0. The molecule has 0 aliphatic heterocycles. The lowest BCUT2D eigenvalue weighted by atomic mass is 10.1. The second kappa shape index (κ2) is 5.38. The van der Waals surface area contributed by atoms with Gasteiger partial charge in [-0.1, -0.05) is 36.4 Å². The first-order chi connectivity index (χ1) is 8.29. The fraction of sp³-hybridized carbons (Fsp3) is 0. The molecule has 0 aliphatic rings. The molecule has 0 saturated heterocycles. The monoisotopic (exact) mass is 244 g/mol. The maximum absolute atomic E-state index is 5.10. The molecular weight excluding hydrogens is 232 g/mol. The van der Waals surface area contributed by atoms with Crippen LogP contribution in [0.1, 0.15) is 5.56 Å². The van der Waals surface area contributed by atoms with Gasteiger partial charge in [-0.05, 0) is 34.6 Å². The first kappa shape index (κ1) is 11.5. The molecule has 0 amide bonds. The Morgan fingerprint density at radius 2 is 1.94 bits per heavy atom. The molecule has 0 saturated carbocycles. The Morgan fingerprint density at radius 1 is 1.18 bits per heavy atom. The second-order valence-corrected chi connectivity index (χ2v) is 3.86. The Bertz CT molecular complexity index is 565. The molecule has 0 radical (unpaired) electrons. The average Bonchev–Trinajstić information content (AvgIpc) is 2.38. The number of nitrogens with one attached hydrogen (secondary N) is 2. The van der Waals surface area contributed by atoms with Crippen molar-refractivity contribution in [3.05, 3.63) is 48.0 Å². The molecule has 4 N–H and O–H groups in total. The topological polar surface area (TPSA) is 62.4 Å². The molecule has 86 valence electrons. The van der Waals surface area contributed by atoms with Crippen LogP contribution in [-0.4, -0.2) is 11.3 Å². The van der Waals surface area contributed by atoms with Gasteiger partial charge in [0.2, 0.25) is 5.11 Å². The number of hydrazine groups is 1. The van der Waals surface area contributed by atoms with E-state index >= 15 is 0 Å². The van der Waals surface area contributed by atoms with Gasteiger partial charge in [0.1, 0.15) is 0 Å². The molecule has 0 unspecified atom stereocenters. The zero-order valence-corrected chi connectivity index (χ0v) is 9.87. The van der Waals surface area contributed by atoms with Crippen LogP contribution in [-0.2, 0) is 0 Å². The van der Waals surface area contributed by atoms with Crippen LogP contribution in [0.15, 0.2) is 47.6 Å². The van der Waals surface area contributed by atoms with E-state index in [1.165, 1.54) is 10.8 Å². The van der Waals surface area contributed by atoms with E-state index < -0.39 is 0 Å². The molecule has 2 rings (SSSR count). The maximum Gasteiger partial charge on any atom is 0.201 e. The molecule has 0 spiro atoms.